The molecule has 1 saturated heterocycles. The van der Waals surface area contributed by atoms with Crippen molar-refractivity contribution in [1.82, 2.24) is 10.2 Å². The van der Waals surface area contributed by atoms with Crippen molar-refractivity contribution in [2.45, 2.75) is 86.5 Å². The van der Waals surface area contributed by atoms with Crippen LogP contribution in [0.25, 0.3) is 5.57 Å². The molecule has 3 rings (SSSR count). The second kappa shape index (κ2) is 23.2. The summed E-state index contributed by atoms with van der Waals surface area (Å²) in [4.78, 5) is 22.7. The molecule has 2 fully saturated rings. The lowest BCUT2D eigenvalue weighted by Gasteiger charge is -2.27. The molecule has 1 aliphatic heterocycles. The molecule has 1 unspecified atom stereocenters. The molecule has 40 heavy (non-hydrogen) atoms. The van der Waals surface area contributed by atoms with E-state index >= 15 is 0 Å². The molecule has 1 aliphatic carbocycles. The number of piperidine rings is 1. The minimum Gasteiger partial charge on any atom is -0.316 e. The summed E-state index contributed by atoms with van der Waals surface area (Å²) in [7, 11) is 4.29. The maximum Gasteiger partial charge on any atom is 0.150 e. The van der Waals surface area contributed by atoms with Gasteiger partial charge in [0.1, 0.15) is 12.6 Å². The highest BCUT2D eigenvalue weighted by Gasteiger charge is 2.22. The van der Waals surface area contributed by atoms with Gasteiger partial charge in [-0.15, -0.1) is 0 Å². The highest BCUT2D eigenvalue weighted by atomic mass is 16.1. The summed E-state index contributed by atoms with van der Waals surface area (Å²) in [6.07, 6.45) is 24.2. The summed E-state index contributed by atoms with van der Waals surface area (Å²) in [6, 6.07) is 6.05. The second-order valence-electron chi connectivity index (χ2n) is 10.9. The van der Waals surface area contributed by atoms with Crippen LogP contribution in [0.1, 0.15) is 101 Å². The van der Waals surface area contributed by atoms with Crippen LogP contribution in [0, 0.1) is 18.8 Å². The van der Waals surface area contributed by atoms with Gasteiger partial charge in [0.25, 0.3) is 0 Å². The number of aryl methyl sites for hydroxylation is 1. The molecule has 4 nitrogen and oxygen atoms in total. The lowest BCUT2D eigenvalue weighted by molar-refractivity contribution is -0.107. The van der Waals surface area contributed by atoms with Gasteiger partial charge in [0, 0.05) is 18.5 Å². The predicted molar refractivity (Wildman–Crippen MR) is 176 cm³/mol. The van der Waals surface area contributed by atoms with E-state index in [1.165, 1.54) is 86.9 Å². The van der Waals surface area contributed by atoms with E-state index in [9.17, 15) is 9.59 Å². The lowest BCUT2D eigenvalue weighted by atomic mass is 9.77. The number of hydrogen-bond acceptors (Lipinski definition) is 4. The van der Waals surface area contributed by atoms with E-state index < -0.39 is 0 Å². The Morgan fingerprint density at radius 2 is 1.68 bits per heavy atom. The van der Waals surface area contributed by atoms with Crippen molar-refractivity contribution >= 4 is 18.1 Å². The molecule has 2 aliphatic rings. The smallest absolute Gasteiger partial charge is 0.150 e. The Balaban J connectivity index is 0.000000838. The Morgan fingerprint density at radius 1 is 1.00 bits per heavy atom. The molecule has 0 radical (unpaired) electrons. The molecule has 1 saturated carbocycles. The first kappa shape index (κ1) is 37.4. The van der Waals surface area contributed by atoms with Crippen molar-refractivity contribution in [2.75, 3.05) is 33.7 Å². The first-order chi connectivity index (χ1) is 18.9. The van der Waals surface area contributed by atoms with Gasteiger partial charge in [0.15, 0.2) is 0 Å². The number of nitrogens with one attached hydrogen (secondary N) is 1. The maximum atomic E-state index is 11.3. The van der Waals surface area contributed by atoms with Crippen LogP contribution < -0.4 is 5.32 Å². The largest absolute Gasteiger partial charge is 0.316 e. The van der Waals surface area contributed by atoms with Gasteiger partial charge in [-0.25, -0.2) is 0 Å². The van der Waals surface area contributed by atoms with Gasteiger partial charge in [-0.05, 0) is 114 Å². The van der Waals surface area contributed by atoms with Gasteiger partial charge in [-0.3, -0.25) is 4.79 Å². The van der Waals surface area contributed by atoms with Crippen LogP contribution in [0.2, 0.25) is 0 Å². The van der Waals surface area contributed by atoms with Crippen LogP contribution >= 0.6 is 0 Å². The van der Waals surface area contributed by atoms with Gasteiger partial charge in [-0.1, -0.05) is 82.2 Å². The highest BCUT2D eigenvalue weighted by Crippen LogP contribution is 2.39. The number of benzene rings is 1. The van der Waals surface area contributed by atoms with Gasteiger partial charge in [0.2, 0.25) is 0 Å². The third kappa shape index (κ3) is 15.3. The normalized spacial score (nSPS) is 18.4. The molecule has 0 bridgehead atoms. The Kier molecular flexibility index (Phi) is 21.7. The Labute approximate surface area is 246 Å². The van der Waals surface area contributed by atoms with E-state index in [1.807, 2.05) is 38.1 Å². The zero-order valence-corrected chi connectivity index (χ0v) is 25.5. The molecule has 4 heteroatoms. The van der Waals surface area contributed by atoms with E-state index in [4.69, 9.17) is 0 Å². The van der Waals surface area contributed by atoms with Gasteiger partial charge in [0.05, 0.1) is 0 Å². The standard InChI is InChI=1S/C24H30O.C8H18N2.C3H6O.CH4/c1-4-5-6-7-9-12-20(3)24(22-13-10-8-11-14-22)23-17-21(18-25)16-15-19(23)2;1-10(2)7-8-4-3-5-9-6-8;1-2-3-4;/h4-7,9,12,15-18,22H,8,10-11,13-14H2,1-3H3;8-9H,3-7H2,1-2H3;3H,2H2,1H3;1H4/b5-4-,7-6-,12-9+,24-20+;;;. The number of carbonyl (C=O) groups is 2. The Morgan fingerprint density at radius 3 is 2.23 bits per heavy atom. The minimum atomic E-state index is 0. The molecule has 1 atom stereocenters. The van der Waals surface area contributed by atoms with Crippen molar-refractivity contribution in [3.63, 3.8) is 0 Å². The van der Waals surface area contributed by atoms with Crippen LogP contribution in [0.4, 0.5) is 0 Å². The maximum absolute atomic E-state index is 11.3. The Bertz CT molecular complexity index is 944. The fraction of sp³-hybridized carbons (Fsp3) is 0.556. The molecule has 1 N–H and O–H groups in total. The molecular weight excluding hydrogens is 492 g/mol. The van der Waals surface area contributed by atoms with Gasteiger partial charge in [-0.2, -0.15) is 0 Å². The molecule has 1 aromatic carbocycles. The van der Waals surface area contributed by atoms with E-state index in [2.05, 4.69) is 68.5 Å². The lowest BCUT2D eigenvalue weighted by Crippen LogP contribution is -2.35. The first-order valence-corrected chi connectivity index (χ1v) is 14.9. The average Bonchev–Trinajstić information content (AvgIpc) is 2.95. The van der Waals surface area contributed by atoms with E-state index in [0.29, 0.717) is 12.3 Å². The zero-order valence-electron chi connectivity index (χ0n) is 25.5. The first-order valence-electron chi connectivity index (χ1n) is 14.9. The molecule has 0 spiro atoms. The number of allylic oxidation sites excluding steroid dienone is 8. The third-order valence-electron chi connectivity index (χ3n) is 7.19. The summed E-state index contributed by atoms with van der Waals surface area (Å²) in [6.45, 7) is 11.9. The number of rotatable bonds is 9. The van der Waals surface area contributed by atoms with Crippen molar-refractivity contribution in [3.05, 3.63) is 76.9 Å². The van der Waals surface area contributed by atoms with Crippen molar-refractivity contribution < 1.29 is 9.59 Å². The van der Waals surface area contributed by atoms with Gasteiger partial charge < -0.3 is 15.0 Å². The van der Waals surface area contributed by atoms with Crippen molar-refractivity contribution in [1.29, 1.82) is 0 Å². The van der Waals surface area contributed by atoms with Crippen LogP contribution in [-0.2, 0) is 4.79 Å². The minimum absolute atomic E-state index is 0. The zero-order chi connectivity index (χ0) is 28.9. The SMILES string of the molecule is C.CCC=O.CN(C)CC1CCCNC1.C\C=C/C=C\C=C\C(C)=C(\c1cc(C=O)ccc1C)C1CCCCC1. The number of hydrogen-bond donors (Lipinski definition) is 1. The number of carbonyl (C=O) groups excluding carboxylic acids is 2. The quantitative estimate of drug-likeness (QED) is 0.247. The summed E-state index contributed by atoms with van der Waals surface area (Å²) in [5.41, 5.74) is 6.00. The second-order valence-corrected chi connectivity index (χ2v) is 10.9. The van der Waals surface area contributed by atoms with Crippen molar-refractivity contribution in [2.24, 2.45) is 11.8 Å². The Hall–Kier alpha value is -2.56. The summed E-state index contributed by atoms with van der Waals surface area (Å²) in [5.74, 6) is 1.49. The number of nitrogens with zero attached hydrogens (tertiary/aromatic N) is 1. The molecule has 1 aromatic rings. The molecule has 0 aromatic heterocycles. The molecule has 1 heterocycles. The summed E-state index contributed by atoms with van der Waals surface area (Å²) >= 11 is 0. The van der Waals surface area contributed by atoms with E-state index in [0.717, 1.165) is 24.1 Å². The molecule has 224 valence electrons. The van der Waals surface area contributed by atoms with E-state index in [1.54, 1.807) is 0 Å². The summed E-state index contributed by atoms with van der Waals surface area (Å²) < 4.78 is 0. The molecular formula is C36H58N2O2. The van der Waals surface area contributed by atoms with E-state index in [-0.39, 0.29) is 7.43 Å². The third-order valence-corrected chi connectivity index (χ3v) is 7.19. The number of aldehydes is 2. The van der Waals surface area contributed by atoms with Crippen LogP contribution in [-0.4, -0.2) is 51.2 Å². The predicted octanol–water partition coefficient (Wildman–Crippen LogP) is 8.63. The fourth-order valence-electron chi connectivity index (χ4n) is 5.27. The van der Waals surface area contributed by atoms with Crippen LogP contribution in [0.15, 0.2) is 60.2 Å². The van der Waals surface area contributed by atoms with Crippen LogP contribution in [0.5, 0.6) is 0 Å². The summed E-state index contributed by atoms with van der Waals surface area (Å²) in [5, 5.41) is 3.41. The van der Waals surface area contributed by atoms with Crippen molar-refractivity contribution in [3.8, 4) is 0 Å². The van der Waals surface area contributed by atoms with Crippen LogP contribution in [0.3, 0.4) is 0 Å². The molecule has 0 amide bonds. The average molecular weight is 551 g/mol. The fourth-order valence-corrected chi connectivity index (χ4v) is 5.27. The monoisotopic (exact) mass is 550 g/mol. The highest BCUT2D eigenvalue weighted by molar-refractivity contribution is 5.81. The van der Waals surface area contributed by atoms with Gasteiger partial charge >= 0.3 is 0 Å². The topological polar surface area (TPSA) is 49.4 Å².